The molecule has 0 bridgehead atoms. The fourth-order valence-corrected chi connectivity index (χ4v) is 4.78. The number of Topliss-reactive ketones (excluding diaryl/α,β-unsaturated/α-hetero) is 1. The van der Waals surface area contributed by atoms with Gasteiger partial charge >= 0.3 is 0 Å². The summed E-state index contributed by atoms with van der Waals surface area (Å²) in [5, 5.41) is 7.27. The summed E-state index contributed by atoms with van der Waals surface area (Å²) in [6.07, 6.45) is 1.15. The first kappa shape index (κ1) is 15.5. The minimum Gasteiger partial charge on any atom is -0.375 e. The number of ketones is 1. The van der Waals surface area contributed by atoms with Gasteiger partial charge in [-0.25, -0.2) is 9.97 Å². The van der Waals surface area contributed by atoms with Crippen LogP contribution in [-0.4, -0.2) is 21.8 Å². The van der Waals surface area contributed by atoms with Gasteiger partial charge in [0.15, 0.2) is 5.78 Å². The van der Waals surface area contributed by atoms with Gasteiger partial charge in [-0.2, -0.15) is 0 Å². The first-order valence-corrected chi connectivity index (χ1v) is 9.56. The van der Waals surface area contributed by atoms with Crippen LogP contribution in [0.4, 0.5) is 5.69 Å². The smallest absolute Gasteiger partial charge is 0.162 e. The Morgan fingerprint density at radius 3 is 2.88 bits per heavy atom. The Labute approximate surface area is 148 Å². The summed E-state index contributed by atoms with van der Waals surface area (Å²) in [6.45, 7) is 4.00. The number of hydrogen-bond donors (Lipinski definition) is 1. The number of thiazole rings is 2. The van der Waals surface area contributed by atoms with Crippen molar-refractivity contribution >= 4 is 34.1 Å². The van der Waals surface area contributed by atoms with Crippen molar-refractivity contribution in [2.75, 3.05) is 5.32 Å². The standard InChI is InChI=1S/C18H17N3OS2/c1-10-18(24-11(2)19-10)15-9-23-17(21-15)8-16(22)14-7-12-5-3-4-6-13(12)20-14/h3-6,9,14,20H,7-8H2,1-2H3. The van der Waals surface area contributed by atoms with E-state index in [4.69, 9.17) is 0 Å². The van der Waals surface area contributed by atoms with Gasteiger partial charge in [0, 0.05) is 17.5 Å². The molecule has 3 aromatic rings. The van der Waals surface area contributed by atoms with Crippen LogP contribution in [0.5, 0.6) is 0 Å². The molecule has 4 nitrogen and oxygen atoms in total. The number of nitrogens with one attached hydrogen (secondary N) is 1. The Balaban J connectivity index is 1.47. The molecule has 2 aromatic heterocycles. The van der Waals surface area contributed by atoms with Gasteiger partial charge in [-0.15, -0.1) is 22.7 Å². The molecule has 4 rings (SSSR count). The van der Waals surface area contributed by atoms with Crippen LogP contribution in [0.3, 0.4) is 0 Å². The van der Waals surface area contributed by atoms with Crippen LogP contribution in [0.1, 0.15) is 21.3 Å². The molecule has 1 N–H and O–H groups in total. The van der Waals surface area contributed by atoms with E-state index >= 15 is 0 Å². The lowest BCUT2D eigenvalue weighted by molar-refractivity contribution is -0.119. The third kappa shape index (κ3) is 2.87. The van der Waals surface area contributed by atoms with Crippen molar-refractivity contribution < 1.29 is 4.79 Å². The Hall–Kier alpha value is -2.05. The summed E-state index contributed by atoms with van der Waals surface area (Å²) < 4.78 is 0. The minimum absolute atomic E-state index is 0.137. The number of anilines is 1. The van der Waals surface area contributed by atoms with Crippen molar-refractivity contribution in [3.63, 3.8) is 0 Å². The molecular formula is C18H17N3OS2. The van der Waals surface area contributed by atoms with Crippen LogP contribution in [0.2, 0.25) is 0 Å². The van der Waals surface area contributed by atoms with Crippen LogP contribution in [0, 0.1) is 13.8 Å². The molecule has 0 amide bonds. The zero-order valence-corrected chi connectivity index (χ0v) is 15.1. The maximum Gasteiger partial charge on any atom is 0.162 e. The fourth-order valence-electron chi connectivity index (χ4n) is 3.03. The van der Waals surface area contributed by atoms with E-state index in [1.54, 1.807) is 22.7 Å². The number of carbonyl (C=O) groups excluding carboxylic acids is 1. The number of carbonyl (C=O) groups is 1. The summed E-state index contributed by atoms with van der Waals surface area (Å²) in [5.41, 5.74) is 4.24. The van der Waals surface area contributed by atoms with Crippen molar-refractivity contribution in [1.82, 2.24) is 9.97 Å². The van der Waals surface area contributed by atoms with Gasteiger partial charge in [0.1, 0.15) is 5.01 Å². The lowest BCUT2D eigenvalue weighted by Gasteiger charge is -2.08. The predicted molar refractivity (Wildman–Crippen MR) is 99.0 cm³/mol. The van der Waals surface area contributed by atoms with Crippen LogP contribution < -0.4 is 5.32 Å². The van der Waals surface area contributed by atoms with Crippen molar-refractivity contribution in [3.8, 4) is 10.6 Å². The van der Waals surface area contributed by atoms with Crippen LogP contribution in [0.25, 0.3) is 10.6 Å². The fraction of sp³-hybridized carbons (Fsp3) is 0.278. The third-order valence-electron chi connectivity index (χ3n) is 4.17. The lowest BCUT2D eigenvalue weighted by Crippen LogP contribution is -2.28. The molecule has 0 radical (unpaired) electrons. The topological polar surface area (TPSA) is 54.9 Å². The summed E-state index contributed by atoms with van der Waals surface area (Å²) in [7, 11) is 0. The first-order valence-electron chi connectivity index (χ1n) is 7.86. The minimum atomic E-state index is -0.137. The summed E-state index contributed by atoms with van der Waals surface area (Å²) in [4.78, 5) is 22.8. The number of hydrogen-bond acceptors (Lipinski definition) is 6. The van der Waals surface area contributed by atoms with Gasteiger partial charge in [-0.05, 0) is 25.5 Å². The maximum atomic E-state index is 12.6. The molecule has 1 atom stereocenters. The predicted octanol–water partition coefficient (Wildman–Crippen LogP) is 4.03. The van der Waals surface area contributed by atoms with Gasteiger partial charge in [-0.1, -0.05) is 18.2 Å². The summed E-state index contributed by atoms with van der Waals surface area (Å²) in [6, 6.07) is 7.97. The van der Waals surface area contributed by atoms with Crippen LogP contribution >= 0.6 is 22.7 Å². The number of rotatable bonds is 4. The second-order valence-corrected chi connectivity index (χ2v) is 8.12. The molecule has 6 heteroatoms. The number of nitrogens with zero attached hydrogens (tertiary/aromatic N) is 2. The van der Waals surface area contributed by atoms with E-state index in [2.05, 4.69) is 21.4 Å². The van der Waals surface area contributed by atoms with E-state index in [9.17, 15) is 4.79 Å². The average Bonchev–Trinajstić information content (AvgIpc) is 3.25. The lowest BCUT2D eigenvalue weighted by atomic mass is 10.1. The second-order valence-electron chi connectivity index (χ2n) is 5.98. The Morgan fingerprint density at radius 1 is 1.29 bits per heavy atom. The number of para-hydroxylation sites is 1. The van der Waals surface area contributed by atoms with Crippen molar-refractivity contribution in [2.45, 2.75) is 32.7 Å². The number of fused-ring (bicyclic) bond motifs is 1. The highest BCUT2D eigenvalue weighted by Gasteiger charge is 2.27. The molecule has 0 saturated heterocycles. The highest BCUT2D eigenvalue weighted by molar-refractivity contribution is 7.16. The zero-order valence-electron chi connectivity index (χ0n) is 13.5. The first-order chi connectivity index (χ1) is 11.6. The molecule has 0 saturated carbocycles. The Morgan fingerprint density at radius 2 is 2.12 bits per heavy atom. The van der Waals surface area contributed by atoms with Crippen molar-refractivity contribution in [2.24, 2.45) is 0 Å². The average molecular weight is 355 g/mol. The monoisotopic (exact) mass is 355 g/mol. The van der Waals surface area contributed by atoms with E-state index in [1.807, 2.05) is 37.4 Å². The molecule has 0 spiro atoms. The van der Waals surface area contributed by atoms with E-state index in [0.717, 1.165) is 38.4 Å². The largest absolute Gasteiger partial charge is 0.375 e. The van der Waals surface area contributed by atoms with Crippen molar-refractivity contribution in [1.29, 1.82) is 0 Å². The quantitative estimate of drug-likeness (QED) is 0.768. The van der Waals surface area contributed by atoms with E-state index in [0.29, 0.717) is 6.42 Å². The molecule has 122 valence electrons. The van der Waals surface area contributed by atoms with E-state index < -0.39 is 0 Å². The maximum absolute atomic E-state index is 12.6. The van der Waals surface area contributed by atoms with Gasteiger partial charge < -0.3 is 5.32 Å². The van der Waals surface area contributed by atoms with Gasteiger partial charge in [0.2, 0.25) is 0 Å². The number of benzene rings is 1. The molecule has 1 unspecified atom stereocenters. The SMILES string of the molecule is Cc1nc(C)c(-c2csc(CC(=O)C3Cc4ccccc4N3)n2)s1. The molecule has 3 heterocycles. The molecule has 1 aromatic carbocycles. The Kier molecular flexibility index (Phi) is 3.94. The number of aryl methyl sites for hydroxylation is 2. The summed E-state index contributed by atoms with van der Waals surface area (Å²) in [5.74, 6) is 0.198. The normalized spacial score (nSPS) is 16.0. The molecule has 0 fully saturated rings. The molecular weight excluding hydrogens is 338 g/mol. The number of aromatic nitrogens is 2. The molecule has 24 heavy (non-hydrogen) atoms. The van der Waals surface area contributed by atoms with Gasteiger partial charge in [0.25, 0.3) is 0 Å². The van der Waals surface area contributed by atoms with Gasteiger partial charge in [0.05, 0.1) is 33.7 Å². The van der Waals surface area contributed by atoms with E-state index in [1.165, 1.54) is 5.56 Å². The Bertz CT molecular complexity index is 888. The zero-order chi connectivity index (χ0) is 16.7. The van der Waals surface area contributed by atoms with Gasteiger partial charge in [-0.3, -0.25) is 4.79 Å². The molecule has 1 aliphatic heterocycles. The van der Waals surface area contributed by atoms with Crippen molar-refractivity contribution in [3.05, 3.63) is 50.9 Å². The van der Waals surface area contributed by atoms with E-state index in [-0.39, 0.29) is 11.8 Å². The molecule has 1 aliphatic rings. The molecule has 0 aliphatic carbocycles. The van der Waals surface area contributed by atoms with Crippen LogP contribution in [-0.2, 0) is 17.6 Å². The second kappa shape index (κ2) is 6.11. The van der Waals surface area contributed by atoms with Crippen LogP contribution in [0.15, 0.2) is 29.6 Å². The highest BCUT2D eigenvalue weighted by atomic mass is 32.1. The highest BCUT2D eigenvalue weighted by Crippen LogP contribution is 2.31. The third-order valence-corrected chi connectivity index (χ3v) is 6.12. The summed E-state index contributed by atoms with van der Waals surface area (Å²) >= 11 is 3.20.